The average molecular weight is 313 g/mol. The molecule has 2 rings (SSSR count). The summed E-state index contributed by atoms with van der Waals surface area (Å²) < 4.78 is 17.9. The third kappa shape index (κ3) is 5.67. The van der Waals surface area contributed by atoms with E-state index in [9.17, 15) is 9.18 Å². The lowest BCUT2D eigenvalue weighted by atomic mass is 10.1. The second-order valence-corrected chi connectivity index (χ2v) is 4.73. The Kier molecular flexibility index (Phi) is 5.95. The van der Waals surface area contributed by atoms with Crippen LogP contribution in [0.5, 0.6) is 5.75 Å². The largest absolute Gasteiger partial charge is 0.479 e. The first-order valence-corrected chi connectivity index (χ1v) is 7.06. The van der Waals surface area contributed by atoms with E-state index < -0.39 is 0 Å². The number of hydrogen-bond donors (Lipinski definition) is 2. The fourth-order valence-corrected chi connectivity index (χ4v) is 1.90. The van der Waals surface area contributed by atoms with E-state index in [1.54, 1.807) is 36.4 Å². The number of hydrogen-bond acceptors (Lipinski definition) is 3. The van der Waals surface area contributed by atoms with Crippen molar-refractivity contribution in [3.8, 4) is 11.8 Å². The maximum absolute atomic E-state index is 12.8. The highest BCUT2D eigenvalue weighted by Gasteiger charge is 2.02. The summed E-state index contributed by atoms with van der Waals surface area (Å²) in [5, 5.41) is 13.8. The van der Waals surface area contributed by atoms with Gasteiger partial charge in [-0.3, -0.25) is 0 Å². The van der Waals surface area contributed by atoms with Gasteiger partial charge < -0.3 is 15.4 Å². The predicted octanol–water partition coefficient (Wildman–Crippen LogP) is 3.09. The van der Waals surface area contributed by atoms with Crippen LogP contribution in [-0.4, -0.2) is 19.2 Å². The zero-order valence-electron chi connectivity index (χ0n) is 12.4. The van der Waals surface area contributed by atoms with Gasteiger partial charge in [-0.25, -0.2) is 9.18 Å². The second-order valence-electron chi connectivity index (χ2n) is 4.73. The molecule has 0 aliphatic carbocycles. The third-order valence-electron chi connectivity index (χ3n) is 3.03. The van der Waals surface area contributed by atoms with Gasteiger partial charge in [0.25, 0.3) is 0 Å². The van der Waals surface area contributed by atoms with Crippen molar-refractivity contribution in [2.75, 3.05) is 18.5 Å². The number of rotatable bonds is 6. The van der Waals surface area contributed by atoms with E-state index in [2.05, 4.69) is 10.6 Å². The maximum atomic E-state index is 12.8. The van der Waals surface area contributed by atoms with E-state index in [0.29, 0.717) is 24.4 Å². The standard InChI is InChI=1S/C17H16FN3O2/c18-14-3-1-13(2-4-14)9-11-20-17(22)21-15-5-7-16(8-6-15)23-12-10-19/h1-8H,9,11-12H2,(H2,20,21,22). The van der Waals surface area contributed by atoms with Crippen LogP contribution < -0.4 is 15.4 Å². The van der Waals surface area contributed by atoms with Gasteiger partial charge in [0.1, 0.15) is 17.6 Å². The molecule has 0 aliphatic rings. The Morgan fingerprint density at radius 3 is 2.48 bits per heavy atom. The van der Waals surface area contributed by atoms with E-state index in [4.69, 9.17) is 10.00 Å². The molecule has 5 nitrogen and oxygen atoms in total. The monoisotopic (exact) mass is 313 g/mol. The lowest BCUT2D eigenvalue weighted by Crippen LogP contribution is -2.30. The summed E-state index contributed by atoms with van der Waals surface area (Å²) >= 11 is 0. The number of ether oxygens (including phenoxy) is 1. The lowest BCUT2D eigenvalue weighted by Gasteiger charge is -2.08. The van der Waals surface area contributed by atoms with E-state index in [0.717, 1.165) is 5.56 Å². The molecular weight excluding hydrogens is 297 g/mol. The van der Waals surface area contributed by atoms with Gasteiger partial charge in [0, 0.05) is 12.2 Å². The summed E-state index contributed by atoms with van der Waals surface area (Å²) in [7, 11) is 0. The van der Waals surface area contributed by atoms with Crippen molar-refractivity contribution in [2.45, 2.75) is 6.42 Å². The van der Waals surface area contributed by atoms with Crippen LogP contribution in [0.3, 0.4) is 0 Å². The molecule has 0 aromatic heterocycles. The first-order valence-electron chi connectivity index (χ1n) is 7.06. The van der Waals surface area contributed by atoms with Gasteiger partial charge in [-0.2, -0.15) is 5.26 Å². The Morgan fingerprint density at radius 2 is 1.83 bits per heavy atom. The molecule has 6 heteroatoms. The van der Waals surface area contributed by atoms with E-state index in [-0.39, 0.29) is 18.5 Å². The molecule has 118 valence electrons. The van der Waals surface area contributed by atoms with Crippen molar-refractivity contribution in [1.29, 1.82) is 5.26 Å². The van der Waals surface area contributed by atoms with Crippen LogP contribution in [0.15, 0.2) is 48.5 Å². The van der Waals surface area contributed by atoms with Gasteiger partial charge in [-0.15, -0.1) is 0 Å². The molecule has 0 fully saturated rings. The minimum Gasteiger partial charge on any atom is -0.479 e. The third-order valence-corrected chi connectivity index (χ3v) is 3.03. The van der Waals surface area contributed by atoms with E-state index in [1.807, 2.05) is 6.07 Å². The number of halogens is 1. The number of urea groups is 1. The Hall–Kier alpha value is -3.07. The smallest absolute Gasteiger partial charge is 0.319 e. The van der Waals surface area contributed by atoms with Crippen LogP contribution in [0, 0.1) is 17.1 Å². The zero-order valence-corrected chi connectivity index (χ0v) is 12.4. The Morgan fingerprint density at radius 1 is 1.13 bits per heavy atom. The molecule has 0 spiro atoms. The molecule has 2 aromatic rings. The minimum absolute atomic E-state index is 0.0172. The maximum Gasteiger partial charge on any atom is 0.319 e. The summed E-state index contributed by atoms with van der Waals surface area (Å²) in [6, 6.07) is 14.4. The normalized spacial score (nSPS) is 9.74. The highest BCUT2D eigenvalue weighted by Crippen LogP contribution is 2.15. The minimum atomic E-state index is -0.321. The number of carbonyl (C=O) groups excluding carboxylic acids is 1. The highest BCUT2D eigenvalue weighted by atomic mass is 19.1. The highest BCUT2D eigenvalue weighted by molar-refractivity contribution is 5.89. The van der Waals surface area contributed by atoms with Gasteiger partial charge in [0.2, 0.25) is 0 Å². The molecule has 0 saturated heterocycles. The summed E-state index contributed by atoms with van der Waals surface area (Å²) in [6.07, 6.45) is 0.620. The first kappa shape index (κ1) is 16.3. The second kappa shape index (κ2) is 8.39. The molecule has 0 heterocycles. The molecule has 0 unspecified atom stereocenters. The Labute approximate surface area is 133 Å². The number of carbonyl (C=O) groups is 1. The molecule has 2 N–H and O–H groups in total. The van der Waals surface area contributed by atoms with Gasteiger partial charge in [0.05, 0.1) is 0 Å². The zero-order chi connectivity index (χ0) is 16.5. The predicted molar refractivity (Wildman–Crippen MR) is 84.7 cm³/mol. The molecule has 0 bridgehead atoms. The van der Waals surface area contributed by atoms with E-state index >= 15 is 0 Å². The molecule has 0 atom stereocenters. The lowest BCUT2D eigenvalue weighted by molar-refractivity contribution is 0.252. The molecular formula is C17H16FN3O2. The number of amides is 2. The summed E-state index contributed by atoms with van der Waals surface area (Å²) in [5.41, 5.74) is 1.57. The average Bonchev–Trinajstić information content (AvgIpc) is 2.56. The van der Waals surface area contributed by atoms with Crippen molar-refractivity contribution >= 4 is 11.7 Å². The topological polar surface area (TPSA) is 74.1 Å². The molecule has 2 amide bonds. The number of anilines is 1. The van der Waals surface area contributed by atoms with Crippen LogP contribution in [0.1, 0.15) is 5.56 Å². The summed E-state index contributed by atoms with van der Waals surface area (Å²) in [5.74, 6) is 0.287. The first-order chi connectivity index (χ1) is 11.2. The SMILES string of the molecule is N#CCOc1ccc(NC(=O)NCCc2ccc(F)cc2)cc1. The molecule has 0 radical (unpaired) electrons. The fraction of sp³-hybridized carbons (Fsp3) is 0.176. The molecule has 2 aromatic carbocycles. The number of benzene rings is 2. The van der Waals surface area contributed by atoms with Crippen LogP contribution in [0.4, 0.5) is 14.9 Å². The summed E-state index contributed by atoms with van der Waals surface area (Å²) in [6.45, 7) is 0.428. The number of nitrogens with zero attached hydrogens (tertiary/aromatic N) is 1. The number of nitriles is 1. The Balaban J connectivity index is 1.74. The Bertz CT molecular complexity index is 678. The van der Waals surface area contributed by atoms with Crippen molar-refractivity contribution in [3.05, 3.63) is 59.9 Å². The molecule has 23 heavy (non-hydrogen) atoms. The quantitative estimate of drug-likeness (QED) is 0.860. The van der Waals surface area contributed by atoms with Crippen molar-refractivity contribution < 1.29 is 13.9 Å². The van der Waals surface area contributed by atoms with Gasteiger partial charge >= 0.3 is 6.03 Å². The van der Waals surface area contributed by atoms with Crippen LogP contribution in [-0.2, 0) is 6.42 Å². The van der Waals surface area contributed by atoms with Gasteiger partial charge in [-0.1, -0.05) is 12.1 Å². The molecule has 0 aliphatic heterocycles. The number of nitrogens with one attached hydrogen (secondary N) is 2. The fourth-order valence-electron chi connectivity index (χ4n) is 1.90. The van der Waals surface area contributed by atoms with Crippen LogP contribution in [0.25, 0.3) is 0 Å². The van der Waals surface area contributed by atoms with Crippen molar-refractivity contribution in [3.63, 3.8) is 0 Å². The van der Waals surface area contributed by atoms with Crippen molar-refractivity contribution in [1.82, 2.24) is 5.32 Å². The van der Waals surface area contributed by atoms with Crippen LogP contribution >= 0.6 is 0 Å². The van der Waals surface area contributed by atoms with Crippen molar-refractivity contribution in [2.24, 2.45) is 0 Å². The van der Waals surface area contributed by atoms with Gasteiger partial charge in [0.15, 0.2) is 6.61 Å². The van der Waals surface area contributed by atoms with E-state index in [1.165, 1.54) is 12.1 Å². The molecule has 0 saturated carbocycles. The van der Waals surface area contributed by atoms with Crippen LogP contribution in [0.2, 0.25) is 0 Å². The summed E-state index contributed by atoms with van der Waals surface area (Å²) in [4.78, 5) is 11.8. The van der Waals surface area contributed by atoms with Gasteiger partial charge in [-0.05, 0) is 48.4 Å².